The van der Waals surface area contributed by atoms with E-state index in [-0.39, 0.29) is 18.2 Å². The van der Waals surface area contributed by atoms with Crippen molar-refractivity contribution in [2.24, 2.45) is 0 Å². The maximum absolute atomic E-state index is 9.75. The van der Waals surface area contributed by atoms with Crippen LogP contribution in [0.5, 0.6) is 5.75 Å². The van der Waals surface area contributed by atoms with Gasteiger partial charge in [-0.1, -0.05) is 39.0 Å². The lowest BCUT2D eigenvalue weighted by Gasteiger charge is -2.28. The zero-order valence-corrected chi connectivity index (χ0v) is 13.6. The van der Waals surface area contributed by atoms with Crippen molar-refractivity contribution in [3.8, 4) is 5.75 Å². The van der Waals surface area contributed by atoms with E-state index in [0.29, 0.717) is 5.92 Å². The van der Waals surface area contributed by atoms with Crippen LogP contribution in [0.25, 0.3) is 0 Å². The van der Waals surface area contributed by atoms with Gasteiger partial charge in [-0.15, -0.1) is 0 Å². The van der Waals surface area contributed by atoms with Gasteiger partial charge in [-0.3, -0.25) is 0 Å². The highest BCUT2D eigenvalue weighted by molar-refractivity contribution is 5.35. The maximum atomic E-state index is 9.75. The van der Waals surface area contributed by atoms with E-state index in [1.165, 1.54) is 5.56 Å². The van der Waals surface area contributed by atoms with Crippen LogP contribution in [-0.4, -0.2) is 29.9 Å². The summed E-state index contributed by atoms with van der Waals surface area (Å²) in [7, 11) is 0. The number of aliphatic hydroxyl groups is 1. The Morgan fingerprint density at radius 2 is 2.14 bits per heavy atom. The molecule has 3 heteroatoms. The molecular weight excluding hydrogens is 262 g/mol. The predicted molar refractivity (Wildman–Crippen MR) is 86.9 cm³/mol. The molecule has 1 aliphatic rings. The SMILES string of the molecule is CCCNC1(CO)CCC(Oc2ccccc2C(C)C)C1. The van der Waals surface area contributed by atoms with E-state index in [1.54, 1.807) is 0 Å². The van der Waals surface area contributed by atoms with Gasteiger partial charge in [-0.2, -0.15) is 0 Å². The van der Waals surface area contributed by atoms with Gasteiger partial charge in [0, 0.05) is 12.0 Å². The summed E-state index contributed by atoms with van der Waals surface area (Å²) in [6.45, 7) is 7.68. The van der Waals surface area contributed by atoms with Crippen molar-refractivity contribution in [2.45, 2.75) is 64.0 Å². The van der Waals surface area contributed by atoms with E-state index in [2.05, 4.69) is 44.3 Å². The molecule has 0 aromatic heterocycles. The van der Waals surface area contributed by atoms with Gasteiger partial charge in [0.1, 0.15) is 11.9 Å². The Morgan fingerprint density at radius 3 is 2.81 bits per heavy atom. The largest absolute Gasteiger partial charge is 0.490 e. The molecule has 0 amide bonds. The molecule has 2 N–H and O–H groups in total. The summed E-state index contributed by atoms with van der Waals surface area (Å²) in [4.78, 5) is 0. The first kappa shape index (κ1) is 16.3. The lowest BCUT2D eigenvalue weighted by molar-refractivity contribution is 0.140. The van der Waals surface area contributed by atoms with Crippen LogP contribution in [0.4, 0.5) is 0 Å². The van der Waals surface area contributed by atoms with Crippen molar-refractivity contribution < 1.29 is 9.84 Å². The molecule has 0 bridgehead atoms. The summed E-state index contributed by atoms with van der Waals surface area (Å²) in [5, 5.41) is 13.3. The minimum absolute atomic E-state index is 0.145. The molecule has 0 aliphatic heterocycles. The highest BCUT2D eigenvalue weighted by atomic mass is 16.5. The van der Waals surface area contributed by atoms with Crippen molar-refractivity contribution >= 4 is 0 Å². The first-order valence-electron chi connectivity index (χ1n) is 8.21. The second-order valence-electron chi connectivity index (χ2n) is 6.54. The Balaban J connectivity index is 2.02. The highest BCUT2D eigenvalue weighted by Crippen LogP contribution is 2.35. The lowest BCUT2D eigenvalue weighted by Crippen LogP contribution is -2.47. The summed E-state index contributed by atoms with van der Waals surface area (Å²) < 4.78 is 6.25. The Morgan fingerprint density at radius 1 is 1.38 bits per heavy atom. The fourth-order valence-corrected chi connectivity index (χ4v) is 3.17. The fraction of sp³-hybridized carbons (Fsp3) is 0.667. The molecule has 118 valence electrons. The first-order valence-corrected chi connectivity index (χ1v) is 8.21. The molecule has 2 unspecified atom stereocenters. The molecule has 0 heterocycles. The molecular formula is C18H29NO2. The molecule has 21 heavy (non-hydrogen) atoms. The van der Waals surface area contributed by atoms with Crippen LogP contribution in [0.2, 0.25) is 0 Å². The molecule has 1 saturated carbocycles. The Hall–Kier alpha value is -1.06. The van der Waals surface area contributed by atoms with Crippen molar-refractivity contribution in [1.82, 2.24) is 5.32 Å². The average molecular weight is 291 g/mol. The van der Waals surface area contributed by atoms with Gasteiger partial charge in [0.15, 0.2) is 0 Å². The molecule has 0 saturated heterocycles. The summed E-state index contributed by atoms with van der Waals surface area (Å²) in [5.74, 6) is 1.46. The normalized spacial score (nSPS) is 25.5. The number of ether oxygens (including phenoxy) is 1. The van der Waals surface area contributed by atoms with Gasteiger partial charge >= 0.3 is 0 Å². The van der Waals surface area contributed by atoms with Crippen LogP contribution >= 0.6 is 0 Å². The summed E-state index contributed by atoms with van der Waals surface area (Å²) >= 11 is 0. The number of aliphatic hydroxyl groups excluding tert-OH is 1. The fourth-order valence-electron chi connectivity index (χ4n) is 3.17. The van der Waals surface area contributed by atoms with Gasteiger partial charge in [0.2, 0.25) is 0 Å². The Bertz CT molecular complexity index is 447. The Labute approximate surface area is 128 Å². The monoisotopic (exact) mass is 291 g/mol. The number of para-hydroxylation sites is 1. The maximum Gasteiger partial charge on any atom is 0.123 e. The van der Waals surface area contributed by atoms with Crippen LogP contribution < -0.4 is 10.1 Å². The second kappa shape index (κ2) is 7.28. The quantitative estimate of drug-likeness (QED) is 0.808. The average Bonchev–Trinajstić information content (AvgIpc) is 2.89. The van der Waals surface area contributed by atoms with E-state index in [1.807, 2.05) is 6.07 Å². The van der Waals surface area contributed by atoms with Crippen molar-refractivity contribution in [3.05, 3.63) is 29.8 Å². The van der Waals surface area contributed by atoms with Crippen LogP contribution in [0.1, 0.15) is 57.9 Å². The van der Waals surface area contributed by atoms with Crippen LogP contribution in [0.15, 0.2) is 24.3 Å². The molecule has 3 nitrogen and oxygen atoms in total. The number of hydrogen-bond donors (Lipinski definition) is 2. The molecule has 2 atom stereocenters. The van der Waals surface area contributed by atoms with Crippen molar-refractivity contribution in [2.75, 3.05) is 13.2 Å². The van der Waals surface area contributed by atoms with E-state index in [4.69, 9.17) is 4.74 Å². The van der Waals surface area contributed by atoms with Crippen LogP contribution in [0, 0.1) is 0 Å². The summed E-state index contributed by atoms with van der Waals surface area (Å²) in [6, 6.07) is 8.31. The third-order valence-electron chi connectivity index (χ3n) is 4.45. The van der Waals surface area contributed by atoms with E-state index in [0.717, 1.165) is 38.0 Å². The number of rotatable bonds is 7. The molecule has 0 spiro atoms. The van der Waals surface area contributed by atoms with Gasteiger partial charge in [-0.05, 0) is 43.4 Å². The lowest BCUT2D eigenvalue weighted by atomic mass is 9.98. The minimum Gasteiger partial charge on any atom is -0.490 e. The molecule has 1 aromatic rings. The van der Waals surface area contributed by atoms with Gasteiger partial charge in [0.05, 0.1) is 6.61 Å². The smallest absolute Gasteiger partial charge is 0.123 e. The summed E-state index contributed by atoms with van der Waals surface area (Å²) in [5.41, 5.74) is 1.12. The van der Waals surface area contributed by atoms with E-state index >= 15 is 0 Å². The third kappa shape index (κ3) is 3.98. The zero-order valence-electron chi connectivity index (χ0n) is 13.6. The van der Waals surface area contributed by atoms with E-state index in [9.17, 15) is 5.11 Å². The minimum atomic E-state index is -0.145. The summed E-state index contributed by atoms with van der Waals surface area (Å²) in [6.07, 6.45) is 4.16. The van der Waals surface area contributed by atoms with Gasteiger partial charge in [0.25, 0.3) is 0 Å². The molecule has 1 aromatic carbocycles. The third-order valence-corrected chi connectivity index (χ3v) is 4.45. The first-order chi connectivity index (χ1) is 10.1. The topological polar surface area (TPSA) is 41.5 Å². The van der Waals surface area contributed by atoms with Crippen molar-refractivity contribution in [3.63, 3.8) is 0 Å². The standard InChI is InChI=1S/C18H29NO2/c1-4-11-19-18(13-20)10-9-15(12-18)21-17-8-6-5-7-16(17)14(2)3/h5-8,14-15,19-20H,4,9-13H2,1-3H3. The predicted octanol–water partition coefficient (Wildman–Crippen LogP) is 3.47. The molecule has 2 rings (SSSR count). The zero-order chi connectivity index (χ0) is 15.3. The Kier molecular flexibility index (Phi) is 5.65. The van der Waals surface area contributed by atoms with Gasteiger partial charge < -0.3 is 15.2 Å². The molecule has 1 fully saturated rings. The number of nitrogens with one attached hydrogen (secondary N) is 1. The second-order valence-corrected chi connectivity index (χ2v) is 6.54. The van der Waals surface area contributed by atoms with Crippen LogP contribution in [-0.2, 0) is 0 Å². The van der Waals surface area contributed by atoms with Gasteiger partial charge in [-0.25, -0.2) is 0 Å². The molecule has 0 radical (unpaired) electrons. The van der Waals surface area contributed by atoms with E-state index < -0.39 is 0 Å². The molecule has 1 aliphatic carbocycles. The van der Waals surface area contributed by atoms with Crippen LogP contribution in [0.3, 0.4) is 0 Å². The highest BCUT2D eigenvalue weighted by Gasteiger charge is 2.39. The van der Waals surface area contributed by atoms with Crippen molar-refractivity contribution in [1.29, 1.82) is 0 Å². The number of hydrogen-bond acceptors (Lipinski definition) is 3. The number of benzene rings is 1.